The van der Waals surface area contributed by atoms with Crippen LogP contribution in [0.3, 0.4) is 0 Å². The Kier molecular flexibility index (Phi) is 5.47. The molecule has 2 aromatic rings. The van der Waals surface area contributed by atoms with Gasteiger partial charge in [0, 0.05) is 11.1 Å². The average Bonchev–Trinajstić information content (AvgIpc) is 2.90. The van der Waals surface area contributed by atoms with Gasteiger partial charge >= 0.3 is 0 Å². The van der Waals surface area contributed by atoms with Crippen LogP contribution in [0.2, 0.25) is 5.02 Å². The van der Waals surface area contributed by atoms with Crippen LogP contribution in [0, 0.1) is 12.7 Å². The molecule has 134 valence electrons. The molecule has 1 aromatic carbocycles. The molecule has 0 saturated heterocycles. The van der Waals surface area contributed by atoms with Gasteiger partial charge in [0.25, 0.3) is 5.91 Å². The molecule has 2 rings (SSSR count). The lowest BCUT2D eigenvalue weighted by Crippen LogP contribution is -2.34. The van der Waals surface area contributed by atoms with E-state index in [9.17, 15) is 14.0 Å². The van der Waals surface area contributed by atoms with Crippen molar-refractivity contribution in [3.63, 3.8) is 0 Å². The molecule has 8 heteroatoms. The van der Waals surface area contributed by atoms with E-state index in [2.05, 4.69) is 15.8 Å². The van der Waals surface area contributed by atoms with Crippen LogP contribution in [0.4, 0.5) is 10.1 Å². The lowest BCUT2D eigenvalue weighted by molar-refractivity contribution is -0.115. The van der Waals surface area contributed by atoms with E-state index in [1.165, 1.54) is 12.1 Å². The van der Waals surface area contributed by atoms with E-state index in [-0.39, 0.29) is 17.0 Å². The Morgan fingerprint density at radius 1 is 1.32 bits per heavy atom. The molecule has 0 spiro atoms. The van der Waals surface area contributed by atoms with Gasteiger partial charge in [-0.15, -0.1) is 0 Å². The second kappa shape index (κ2) is 7.23. The van der Waals surface area contributed by atoms with Gasteiger partial charge in [-0.1, -0.05) is 37.5 Å². The summed E-state index contributed by atoms with van der Waals surface area (Å²) in [7, 11) is 0. The van der Waals surface area contributed by atoms with Crippen LogP contribution in [0.15, 0.2) is 22.7 Å². The van der Waals surface area contributed by atoms with E-state index in [1.807, 2.05) is 20.8 Å². The summed E-state index contributed by atoms with van der Waals surface area (Å²) in [5.74, 6) is -1.11. The first-order valence-electron chi connectivity index (χ1n) is 7.59. The Bertz CT molecular complexity index is 812. The molecule has 0 radical (unpaired) electrons. The Morgan fingerprint density at radius 2 is 2.00 bits per heavy atom. The molecule has 2 amide bonds. The molecule has 0 unspecified atom stereocenters. The standard InChI is InChI=1S/C17H19ClFN3O3/c1-9-14(15(22-25-9)17(2,3)4)16(24)20-8-13(23)21-10-5-6-12(19)11(18)7-10/h5-7H,8H2,1-4H3,(H,20,24)(H,21,23). The maximum atomic E-state index is 13.1. The maximum absolute atomic E-state index is 13.1. The first kappa shape index (κ1) is 18.9. The van der Waals surface area contributed by atoms with Crippen LogP contribution in [-0.4, -0.2) is 23.5 Å². The van der Waals surface area contributed by atoms with Gasteiger partial charge in [-0.05, 0) is 25.1 Å². The van der Waals surface area contributed by atoms with Crippen LogP contribution in [0.25, 0.3) is 0 Å². The summed E-state index contributed by atoms with van der Waals surface area (Å²) in [5, 5.41) is 8.89. The Hall–Kier alpha value is -2.41. The largest absolute Gasteiger partial charge is 0.361 e. The number of amides is 2. The quantitative estimate of drug-likeness (QED) is 0.866. The number of aryl methyl sites for hydroxylation is 1. The summed E-state index contributed by atoms with van der Waals surface area (Å²) in [6.45, 7) is 7.10. The number of anilines is 1. The summed E-state index contributed by atoms with van der Waals surface area (Å²) < 4.78 is 18.2. The van der Waals surface area contributed by atoms with E-state index in [1.54, 1.807) is 6.92 Å². The minimum absolute atomic E-state index is 0.100. The van der Waals surface area contributed by atoms with Crippen molar-refractivity contribution in [2.24, 2.45) is 0 Å². The monoisotopic (exact) mass is 367 g/mol. The van der Waals surface area contributed by atoms with Crippen molar-refractivity contribution in [2.45, 2.75) is 33.1 Å². The molecule has 0 saturated carbocycles. The molecule has 2 N–H and O–H groups in total. The number of carbonyl (C=O) groups excluding carboxylic acids is 2. The number of nitrogens with one attached hydrogen (secondary N) is 2. The molecule has 0 atom stereocenters. The Labute approximate surface area is 149 Å². The van der Waals surface area contributed by atoms with Gasteiger partial charge in [0.05, 0.1) is 11.6 Å². The third-order valence-corrected chi connectivity index (χ3v) is 3.70. The fourth-order valence-corrected chi connectivity index (χ4v) is 2.36. The van der Waals surface area contributed by atoms with Gasteiger partial charge < -0.3 is 15.2 Å². The molecule has 6 nitrogen and oxygen atoms in total. The zero-order valence-corrected chi connectivity index (χ0v) is 15.1. The molecule has 0 fully saturated rings. The Balaban J connectivity index is 2.01. The van der Waals surface area contributed by atoms with Crippen LogP contribution in [0.5, 0.6) is 0 Å². The first-order valence-corrected chi connectivity index (χ1v) is 7.97. The van der Waals surface area contributed by atoms with Gasteiger partial charge in [0.15, 0.2) is 0 Å². The molecule has 1 heterocycles. The molecule has 0 bridgehead atoms. The van der Waals surface area contributed by atoms with E-state index in [4.69, 9.17) is 16.1 Å². The van der Waals surface area contributed by atoms with Crippen LogP contribution in [-0.2, 0) is 10.2 Å². The molecule has 1 aromatic heterocycles. The number of benzene rings is 1. The fraction of sp³-hybridized carbons (Fsp3) is 0.353. The number of nitrogens with zero attached hydrogens (tertiary/aromatic N) is 1. The highest BCUT2D eigenvalue weighted by molar-refractivity contribution is 6.31. The third-order valence-electron chi connectivity index (χ3n) is 3.41. The summed E-state index contributed by atoms with van der Waals surface area (Å²) in [6.07, 6.45) is 0. The summed E-state index contributed by atoms with van der Waals surface area (Å²) in [5.41, 5.74) is 0.804. The smallest absolute Gasteiger partial charge is 0.257 e. The number of rotatable bonds is 4. The highest BCUT2D eigenvalue weighted by Gasteiger charge is 2.28. The predicted octanol–water partition coefficient (Wildman–Crippen LogP) is 3.44. The summed E-state index contributed by atoms with van der Waals surface area (Å²) in [4.78, 5) is 24.3. The van der Waals surface area contributed by atoms with Crippen molar-refractivity contribution in [3.05, 3.63) is 46.1 Å². The summed E-state index contributed by atoms with van der Waals surface area (Å²) >= 11 is 5.66. The Morgan fingerprint density at radius 3 is 2.60 bits per heavy atom. The van der Waals surface area contributed by atoms with Crippen LogP contribution >= 0.6 is 11.6 Å². The van der Waals surface area contributed by atoms with Crippen molar-refractivity contribution in [2.75, 3.05) is 11.9 Å². The lowest BCUT2D eigenvalue weighted by atomic mass is 9.88. The van der Waals surface area contributed by atoms with Crippen LogP contribution in [0.1, 0.15) is 42.6 Å². The van der Waals surface area contributed by atoms with Crippen molar-refractivity contribution >= 4 is 29.1 Å². The van der Waals surface area contributed by atoms with E-state index >= 15 is 0 Å². The zero-order chi connectivity index (χ0) is 18.8. The molecule has 0 aliphatic heterocycles. The predicted molar refractivity (Wildman–Crippen MR) is 92.3 cm³/mol. The van der Waals surface area contributed by atoms with Gasteiger partial charge in [0.1, 0.15) is 22.8 Å². The second-order valence-corrected chi connectivity index (χ2v) is 6.98. The van der Waals surface area contributed by atoms with Crippen molar-refractivity contribution < 1.29 is 18.5 Å². The molecule has 0 aliphatic carbocycles. The highest BCUT2D eigenvalue weighted by Crippen LogP contribution is 2.26. The topological polar surface area (TPSA) is 84.2 Å². The van der Waals surface area contributed by atoms with E-state index in [0.717, 1.165) is 6.07 Å². The molecular formula is C17H19ClFN3O3. The van der Waals surface area contributed by atoms with Crippen molar-refractivity contribution in [1.29, 1.82) is 0 Å². The second-order valence-electron chi connectivity index (χ2n) is 6.57. The lowest BCUT2D eigenvalue weighted by Gasteiger charge is -2.16. The summed E-state index contributed by atoms with van der Waals surface area (Å²) in [6, 6.07) is 3.81. The molecule has 25 heavy (non-hydrogen) atoms. The van der Waals surface area contributed by atoms with Crippen molar-refractivity contribution in [3.8, 4) is 0 Å². The number of carbonyl (C=O) groups is 2. The first-order chi connectivity index (χ1) is 11.6. The van der Waals surface area contributed by atoms with E-state index < -0.39 is 17.6 Å². The van der Waals surface area contributed by atoms with Gasteiger partial charge in [0.2, 0.25) is 5.91 Å². The minimum Gasteiger partial charge on any atom is -0.361 e. The number of aromatic nitrogens is 1. The van der Waals surface area contributed by atoms with Gasteiger partial charge in [-0.3, -0.25) is 9.59 Å². The van der Waals surface area contributed by atoms with E-state index in [0.29, 0.717) is 22.7 Å². The van der Waals surface area contributed by atoms with Crippen LogP contribution < -0.4 is 10.6 Å². The SMILES string of the molecule is Cc1onc(C(C)(C)C)c1C(=O)NCC(=O)Nc1ccc(F)c(Cl)c1. The minimum atomic E-state index is -0.578. The normalized spacial score (nSPS) is 11.3. The third kappa shape index (κ3) is 4.57. The molecule has 0 aliphatic rings. The zero-order valence-electron chi connectivity index (χ0n) is 14.4. The number of hydrogen-bond acceptors (Lipinski definition) is 4. The van der Waals surface area contributed by atoms with Gasteiger partial charge in [-0.2, -0.15) is 0 Å². The van der Waals surface area contributed by atoms with Crippen molar-refractivity contribution in [1.82, 2.24) is 10.5 Å². The maximum Gasteiger partial charge on any atom is 0.257 e. The average molecular weight is 368 g/mol. The molecular weight excluding hydrogens is 349 g/mol. The highest BCUT2D eigenvalue weighted by atomic mass is 35.5. The fourth-order valence-electron chi connectivity index (χ4n) is 2.18. The van der Waals surface area contributed by atoms with Gasteiger partial charge in [-0.25, -0.2) is 4.39 Å². The number of halogens is 2. The number of hydrogen-bond donors (Lipinski definition) is 2.